The minimum Gasteiger partial charge on any atom is -0.303 e. The van der Waals surface area contributed by atoms with E-state index in [1.807, 2.05) is 31.2 Å². The highest BCUT2D eigenvalue weighted by atomic mass is 32.2. The molecule has 2 aromatic carbocycles. The van der Waals surface area contributed by atoms with Crippen molar-refractivity contribution in [3.05, 3.63) is 65.5 Å². The first-order valence-corrected chi connectivity index (χ1v) is 10.3. The number of aryl methyl sites for hydroxylation is 1. The number of halogens is 1. The molecule has 134 valence electrons. The van der Waals surface area contributed by atoms with E-state index in [9.17, 15) is 12.8 Å². The van der Waals surface area contributed by atoms with Crippen LogP contribution >= 0.6 is 0 Å². The largest absolute Gasteiger partial charge is 0.303 e. The van der Waals surface area contributed by atoms with Crippen molar-refractivity contribution in [2.75, 3.05) is 19.6 Å². The van der Waals surface area contributed by atoms with Crippen molar-refractivity contribution in [3.63, 3.8) is 0 Å². The topological polar surface area (TPSA) is 37.4 Å². The minimum absolute atomic E-state index is 0.217. The second-order valence-corrected chi connectivity index (χ2v) is 9.00. The Morgan fingerprint density at radius 3 is 2.20 bits per heavy atom. The molecule has 1 aliphatic heterocycles. The summed E-state index contributed by atoms with van der Waals surface area (Å²) in [5.74, 6) is -0.217. The van der Waals surface area contributed by atoms with Crippen molar-refractivity contribution in [1.29, 1.82) is 0 Å². The van der Waals surface area contributed by atoms with Crippen LogP contribution in [0.3, 0.4) is 0 Å². The summed E-state index contributed by atoms with van der Waals surface area (Å²) >= 11 is 0. The standard InChI is InChI=1S/C20H24FNO2S/c1-16-2-8-19(9-3-16)25(23,24)20-11-14-22(15-12-20)13-10-17-4-6-18(21)7-5-17/h2-9,20H,10-15H2,1H3. The maximum absolute atomic E-state index is 12.9. The predicted molar refractivity (Wildman–Crippen MR) is 97.9 cm³/mol. The van der Waals surface area contributed by atoms with Gasteiger partial charge in [-0.3, -0.25) is 0 Å². The maximum atomic E-state index is 12.9. The zero-order valence-corrected chi connectivity index (χ0v) is 15.3. The second-order valence-electron chi connectivity index (χ2n) is 6.78. The van der Waals surface area contributed by atoms with Gasteiger partial charge in [0.15, 0.2) is 9.84 Å². The van der Waals surface area contributed by atoms with Gasteiger partial charge >= 0.3 is 0 Å². The zero-order valence-electron chi connectivity index (χ0n) is 14.5. The Morgan fingerprint density at radius 2 is 1.60 bits per heavy atom. The highest BCUT2D eigenvalue weighted by Gasteiger charge is 2.31. The van der Waals surface area contributed by atoms with Crippen molar-refractivity contribution >= 4 is 9.84 Å². The van der Waals surface area contributed by atoms with Gasteiger partial charge in [-0.05, 0) is 69.1 Å². The number of nitrogens with zero attached hydrogens (tertiary/aromatic N) is 1. The molecular formula is C20H24FNO2S. The predicted octanol–water partition coefficient (Wildman–Crippen LogP) is 3.61. The molecule has 0 saturated carbocycles. The van der Waals surface area contributed by atoms with Crippen LogP contribution < -0.4 is 0 Å². The molecule has 0 aromatic heterocycles. The number of hydrogen-bond donors (Lipinski definition) is 0. The molecule has 3 nitrogen and oxygen atoms in total. The average Bonchev–Trinajstić information content (AvgIpc) is 2.62. The highest BCUT2D eigenvalue weighted by molar-refractivity contribution is 7.92. The average molecular weight is 361 g/mol. The van der Waals surface area contributed by atoms with Gasteiger partial charge in [0, 0.05) is 6.54 Å². The molecule has 3 rings (SSSR count). The summed E-state index contributed by atoms with van der Waals surface area (Å²) in [7, 11) is -3.24. The van der Waals surface area contributed by atoms with Crippen LogP contribution in [-0.4, -0.2) is 38.2 Å². The van der Waals surface area contributed by atoms with E-state index in [-0.39, 0.29) is 11.1 Å². The molecule has 5 heteroatoms. The number of rotatable bonds is 5. The van der Waals surface area contributed by atoms with Crippen molar-refractivity contribution < 1.29 is 12.8 Å². The molecule has 0 radical (unpaired) electrons. The van der Waals surface area contributed by atoms with Crippen molar-refractivity contribution in [2.45, 2.75) is 36.3 Å². The minimum atomic E-state index is -3.24. The summed E-state index contributed by atoms with van der Waals surface area (Å²) in [5.41, 5.74) is 2.17. The molecule has 1 saturated heterocycles. The summed E-state index contributed by atoms with van der Waals surface area (Å²) in [6, 6.07) is 13.7. The zero-order chi connectivity index (χ0) is 17.9. The third kappa shape index (κ3) is 4.47. The number of sulfone groups is 1. The molecule has 0 aliphatic carbocycles. The van der Waals surface area contributed by atoms with Crippen LogP contribution in [0, 0.1) is 12.7 Å². The second kappa shape index (κ2) is 7.67. The summed E-state index contributed by atoms with van der Waals surface area (Å²) in [6.07, 6.45) is 2.19. The van der Waals surface area contributed by atoms with Gasteiger partial charge in [-0.1, -0.05) is 29.8 Å². The summed E-state index contributed by atoms with van der Waals surface area (Å²) in [4.78, 5) is 2.73. The molecule has 1 fully saturated rings. The van der Waals surface area contributed by atoms with Gasteiger partial charge in [0.2, 0.25) is 0 Å². The molecule has 0 unspecified atom stereocenters. The molecule has 25 heavy (non-hydrogen) atoms. The molecule has 0 atom stereocenters. The monoisotopic (exact) mass is 361 g/mol. The van der Waals surface area contributed by atoms with Gasteiger partial charge in [0.05, 0.1) is 10.1 Å². The van der Waals surface area contributed by atoms with Crippen LogP contribution in [0.4, 0.5) is 4.39 Å². The van der Waals surface area contributed by atoms with Gasteiger partial charge in [-0.25, -0.2) is 12.8 Å². The maximum Gasteiger partial charge on any atom is 0.181 e. The van der Waals surface area contributed by atoms with E-state index in [0.29, 0.717) is 17.7 Å². The van der Waals surface area contributed by atoms with Crippen molar-refractivity contribution in [2.24, 2.45) is 0 Å². The molecule has 0 amide bonds. The van der Waals surface area contributed by atoms with Crippen LogP contribution in [0.1, 0.15) is 24.0 Å². The Morgan fingerprint density at radius 1 is 1.00 bits per heavy atom. The van der Waals surface area contributed by atoms with Crippen LogP contribution in [0.25, 0.3) is 0 Å². The number of hydrogen-bond acceptors (Lipinski definition) is 3. The van der Waals surface area contributed by atoms with Crippen molar-refractivity contribution in [1.82, 2.24) is 4.90 Å². The molecule has 0 bridgehead atoms. The van der Waals surface area contributed by atoms with Gasteiger partial charge in [0.25, 0.3) is 0 Å². The Bertz CT molecular complexity index is 793. The molecule has 0 spiro atoms. The Labute approximate surface area is 149 Å². The lowest BCUT2D eigenvalue weighted by Gasteiger charge is -2.31. The number of likely N-dealkylation sites (tertiary alicyclic amines) is 1. The highest BCUT2D eigenvalue weighted by Crippen LogP contribution is 2.25. The fourth-order valence-corrected chi connectivity index (χ4v) is 5.03. The lowest BCUT2D eigenvalue weighted by atomic mass is 10.1. The molecular weight excluding hydrogens is 337 g/mol. The van der Waals surface area contributed by atoms with Gasteiger partial charge < -0.3 is 4.90 Å². The lowest BCUT2D eigenvalue weighted by Crippen LogP contribution is -2.40. The summed E-state index contributed by atoms with van der Waals surface area (Å²) in [6.45, 7) is 4.41. The third-order valence-electron chi connectivity index (χ3n) is 4.95. The summed E-state index contributed by atoms with van der Waals surface area (Å²) < 4.78 is 38.5. The fourth-order valence-electron chi connectivity index (χ4n) is 3.30. The van der Waals surface area contributed by atoms with Gasteiger partial charge in [-0.2, -0.15) is 0 Å². The Hall–Kier alpha value is -1.72. The van der Waals surface area contributed by atoms with E-state index < -0.39 is 9.84 Å². The van der Waals surface area contributed by atoms with E-state index in [1.54, 1.807) is 12.1 Å². The van der Waals surface area contributed by atoms with E-state index in [2.05, 4.69) is 4.90 Å². The molecule has 1 aliphatic rings. The van der Waals surface area contributed by atoms with E-state index in [4.69, 9.17) is 0 Å². The first-order valence-electron chi connectivity index (χ1n) is 8.72. The first-order chi connectivity index (χ1) is 11.9. The van der Waals surface area contributed by atoms with Gasteiger partial charge in [-0.15, -0.1) is 0 Å². The van der Waals surface area contributed by atoms with Crippen LogP contribution in [0.5, 0.6) is 0 Å². The van der Waals surface area contributed by atoms with E-state index in [1.165, 1.54) is 12.1 Å². The molecule has 0 N–H and O–H groups in total. The van der Waals surface area contributed by atoms with E-state index in [0.717, 1.165) is 37.2 Å². The van der Waals surface area contributed by atoms with Crippen LogP contribution in [0.15, 0.2) is 53.4 Å². The van der Waals surface area contributed by atoms with Gasteiger partial charge in [0.1, 0.15) is 5.82 Å². The number of benzene rings is 2. The van der Waals surface area contributed by atoms with Crippen LogP contribution in [0.2, 0.25) is 0 Å². The summed E-state index contributed by atoms with van der Waals surface area (Å²) in [5, 5.41) is -0.294. The van der Waals surface area contributed by atoms with Crippen molar-refractivity contribution in [3.8, 4) is 0 Å². The number of piperidine rings is 1. The molecule has 1 heterocycles. The SMILES string of the molecule is Cc1ccc(S(=O)(=O)C2CCN(CCc3ccc(F)cc3)CC2)cc1. The quantitative estimate of drug-likeness (QED) is 0.816. The third-order valence-corrected chi connectivity index (χ3v) is 7.23. The Kier molecular flexibility index (Phi) is 5.54. The lowest BCUT2D eigenvalue weighted by molar-refractivity contribution is 0.232. The van der Waals surface area contributed by atoms with E-state index >= 15 is 0 Å². The van der Waals surface area contributed by atoms with Crippen LogP contribution in [-0.2, 0) is 16.3 Å². The Balaban J connectivity index is 1.54. The smallest absolute Gasteiger partial charge is 0.181 e. The fraction of sp³-hybridized carbons (Fsp3) is 0.400. The first kappa shape index (κ1) is 18.1. The molecule has 2 aromatic rings. The normalized spacial score (nSPS) is 16.9.